The van der Waals surface area contributed by atoms with E-state index in [1.54, 1.807) is 0 Å². The highest BCUT2D eigenvalue weighted by Crippen LogP contribution is 2.60. The molecule has 4 unspecified atom stereocenters. The number of phosphoric acid groups is 2. The fourth-order valence-electron chi connectivity index (χ4n) is 4.58. The second kappa shape index (κ2) is 12.4. The number of fused-ring (bicyclic) bond motifs is 1. The van der Waals surface area contributed by atoms with E-state index < -0.39 is 83.8 Å². The molecular weight excluding hydrogens is 636 g/mol. The molecule has 2 aliphatic rings. The molecule has 0 spiro atoms. The number of aliphatic hydroxyl groups is 4. The lowest BCUT2D eigenvalue weighted by atomic mass is 10.1. The SMILES string of the molecule is NC(=O)c1ccc[n+]([C@@H]2O[C@H](COP(=O)(O)OP(=O)(O)OC[C@H]3O[C@@H](n4cnc5c(N)ncnc54)C(O)[C@H]3O)[C@H](O)C2O)c1. The summed E-state index contributed by atoms with van der Waals surface area (Å²) in [5, 5.41) is 41.6. The maximum atomic E-state index is 12.4. The Morgan fingerprint density at radius 3 is 2.27 bits per heavy atom. The highest BCUT2D eigenvalue weighted by Gasteiger charge is 2.50. The lowest BCUT2D eigenvalue weighted by molar-refractivity contribution is -0.765. The summed E-state index contributed by atoms with van der Waals surface area (Å²) in [5.74, 6) is -0.714. The third-order valence-corrected chi connectivity index (χ3v) is 9.35. The van der Waals surface area contributed by atoms with Gasteiger partial charge in [-0.3, -0.25) is 18.4 Å². The number of ether oxygens (including phenoxy) is 2. The molecule has 44 heavy (non-hydrogen) atoms. The van der Waals surface area contributed by atoms with Crippen LogP contribution in [-0.2, 0) is 32.0 Å². The van der Waals surface area contributed by atoms with Gasteiger partial charge < -0.3 is 51.2 Å². The van der Waals surface area contributed by atoms with E-state index in [-0.39, 0.29) is 22.5 Å². The molecule has 0 aromatic carbocycles. The number of nitrogens with zero attached hydrogens (tertiary/aromatic N) is 5. The summed E-state index contributed by atoms with van der Waals surface area (Å²) in [5.41, 5.74) is 11.4. The molecule has 10 atom stereocenters. The lowest BCUT2D eigenvalue weighted by Gasteiger charge is -2.20. The minimum Gasteiger partial charge on any atom is -0.387 e. The Kier molecular flexibility index (Phi) is 9.13. The molecule has 2 saturated heterocycles. The number of carbonyl (C=O) groups excluding carboxylic acids is 1. The first-order valence-corrected chi connectivity index (χ1v) is 15.6. The van der Waals surface area contributed by atoms with Crippen molar-refractivity contribution in [3.05, 3.63) is 42.7 Å². The smallest absolute Gasteiger partial charge is 0.387 e. The summed E-state index contributed by atoms with van der Waals surface area (Å²) in [6.07, 6.45) is -6.85. The number of aromatic nitrogens is 5. The minimum absolute atomic E-state index is 0.0505. The van der Waals surface area contributed by atoms with E-state index >= 15 is 0 Å². The number of phosphoric ester groups is 2. The Labute approximate surface area is 246 Å². The number of imidazole rings is 1. The van der Waals surface area contributed by atoms with Crippen LogP contribution in [0.5, 0.6) is 0 Å². The number of carbonyl (C=O) groups is 1. The Morgan fingerprint density at radius 1 is 0.977 bits per heavy atom. The van der Waals surface area contributed by atoms with Gasteiger partial charge in [0.15, 0.2) is 36.2 Å². The first kappa shape index (κ1) is 32.4. The first-order chi connectivity index (χ1) is 20.7. The molecule has 5 rings (SSSR count). The zero-order valence-electron chi connectivity index (χ0n) is 22.2. The Bertz CT molecular complexity index is 1630. The topological polar surface area (TPSA) is 318 Å². The van der Waals surface area contributed by atoms with Crippen LogP contribution in [0.25, 0.3) is 11.2 Å². The predicted octanol–water partition coefficient (Wildman–Crippen LogP) is -3.02. The third-order valence-electron chi connectivity index (χ3n) is 6.75. The summed E-state index contributed by atoms with van der Waals surface area (Å²) in [6.45, 7) is -1.80. The molecule has 3 aromatic rings. The van der Waals surface area contributed by atoms with Crippen LogP contribution < -0.4 is 16.0 Å². The summed E-state index contributed by atoms with van der Waals surface area (Å²) < 4.78 is 52.0. The number of nitrogens with two attached hydrogens (primary N) is 2. The zero-order valence-corrected chi connectivity index (χ0v) is 24.0. The van der Waals surface area contributed by atoms with Crippen molar-refractivity contribution in [2.75, 3.05) is 18.9 Å². The maximum Gasteiger partial charge on any atom is 0.481 e. The van der Waals surface area contributed by atoms with Gasteiger partial charge in [0.25, 0.3) is 12.1 Å². The number of rotatable bonds is 11. The molecule has 2 fully saturated rings. The quantitative estimate of drug-likeness (QED) is 0.0747. The molecule has 5 heterocycles. The standard InChI is InChI=1S/C21H27N7O14P2/c22-17-12-19(25-7-24-17)28(8-26-12)21-16(32)14(30)11(41-21)6-39-44(36,37)42-43(34,35)38-5-10-13(29)15(31)20(40-10)27-3-1-2-9(4-27)18(23)33/h1-4,7-8,10-11,13-16,20-21,29-32H,5-6H2,(H5-,22,23,24,25,33,34,35,36,37)/p+1/t10-,11-,13+,14+,15?,16?,20-,21-/m1/s1. The van der Waals surface area contributed by atoms with Gasteiger partial charge in [-0.2, -0.15) is 8.88 Å². The highest BCUT2D eigenvalue weighted by molar-refractivity contribution is 7.61. The van der Waals surface area contributed by atoms with Gasteiger partial charge in [0.05, 0.1) is 19.5 Å². The van der Waals surface area contributed by atoms with E-state index in [4.69, 9.17) is 25.5 Å². The molecule has 0 radical (unpaired) electrons. The molecule has 0 bridgehead atoms. The van der Waals surface area contributed by atoms with E-state index in [1.165, 1.54) is 40.0 Å². The number of primary amides is 1. The number of hydrogen-bond donors (Lipinski definition) is 8. The van der Waals surface area contributed by atoms with Gasteiger partial charge in [0.1, 0.15) is 47.9 Å². The van der Waals surface area contributed by atoms with E-state index in [0.29, 0.717) is 0 Å². The molecular formula is C21H28N7O14P2+. The number of aliphatic hydroxyl groups excluding tert-OH is 4. The largest absolute Gasteiger partial charge is 0.481 e. The minimum atomic E-state index is -5.37. The van der Waals surface area contributed by atoms with E-state index in [2.05, 4.69) is 23.8 Å². The second-order valence-electron chi connectivity index (χ2n) is 9.69. The fourth-order valence-corrected chi connectivity index (χ4v) is 6.67. The Hall–Kier alpha value is -3.01. The number of anilines is 1. The summed E-state index contributed by atoms with van der Waals surface area (Å²) in [7, 11) is -10.7. The fraction of sp³-hybridized carbons (Fsp3) is 0.476. The van der Waals surface area contributed by atoms with Crippen molar-refractivity contribution >= 4 is 38.5 Å². The molecule has 23 heteroatoms. The number of nitrogen functional groups attached to an aromatic ring is 1. The van der Waals surface area contributed by atoms with Gasteiger partial charge in [-0.25, -0.2) is 24.1 Å². The second-order valence-corrected chi connectivity index (χ2v) is 12.7. The van der Waals surface area contributed by atoms with Crippen LogP contribution in [0, 0.1) is 0 Å². The molecule has 10 N–H and O–H groups in total. The maximum absolute atomic E-state index is 12.4. The summed E-state index contributed by atoms with van der Waals surface area (Å²) in [6, 6.07) is 2.83. The average molecular weight is 664 g/mol. The van der Waals surface area contributed by atoms with Crippen LogP contribution in [-0.4, -0.2) is 105 Å². The molecule has 240 valence electrons. The van der Waals surface area contributed by atoms with Gasteiger partial charge in [0.2, 0.25) is 0 Å². The van der Waals surface area contributed by atoms with Crippen molar-refractivity contribution in [3.63, 3.8) is 0 Å². The molecule has 1 amide bonds. The van der Waals surface area contributed by atoms with Gasteiger partial charge >= 0.3 is 15.6 Å². The Morgan fingerprint density at radius 2 is 1.61 bits per heavy atom. The zero-order chi connectivity index (χ0) is 32.0. The van der Waals surface area contributed by atoms with E-state index in [0.717, 1.165) is 6.33 Å². The number of amides is 1. The molecule has 0 aliphatic carbocycles. The van der Waals surface area contributed by atoms with Crippen molar-refractivity contribution in [2.24, 2.45) is 5.73 Å². The van der Waals surface area contributed by atoms with E-state index in [1.807, 2.05) is 0 Å². The number of hydrogen-bond acceptors (Lipinski definition) is 16. The van der Waals surface area contributed by atoms with Gasteiger partial charge in [-0.1, -0.05) is 0 Å². The molecule has 0 saturated carbocycles. The van der Waals surface area contributed by atoms with Crippen molar-refractivity contribution in [1.29, 1.82) is 0 Å². The molecule has 21 nitrogen and oxygen atoms in total. The highest BCUT2D eigenvalue weighted by atomic mass is 31.3. The van der Waals surface area contributed by atoms with Gasteiger partial charge in [-0.05, 0) is 6.07 Å². The van der Waals surface area contributed by atoms with Crippen LogP contribution in [0.1, 0.15) is 22.8 Å². The van der Waals surface area contributed by atoms with Crippen LogP contribution in [0.15, 0.2) is 37.2 Å². The third kappa shape index (κ3) is 6.65. The van der Waals surface area contributed by atoms with Crippen molar-refractivity contribution < 1.29 is 71.5 Å². The van der Waals surface area contributed by atoms with Gasteiger partial charge in [-0.15, -0.1) is 0 Å². The molecule has 2 aliphatic heterocycles. The van der Waals surface area contributed by atoms with Crippen molar-refractivity contribution in [1.82, 2.24) is 19.5 Å². The van der Waals surface area contributed by atoms with Crippen LogP contribution in [0.3, 0.4) is 0 Å². The van der Waals surface area contributed by atoms with Crippen molar-refractivity contribution in [2.45, 2.75) is 49.1 Å². The van der Waals surface area contributed by atoms with E-state index in [9.17, 15) is 44.1 Å². The monoisotopic (exact) mass is 664 g/mol. The predicted molar refractivity (Wildman–Crippen MR) is 139 cm³/mol. The normalized spacial score (nSPS) is 31.6. The summed E-state index contributed by atoms with van der Waals surface area (Å²) in [4.78, 5) is 43.3. The first-order valence-electron chi connectivity index (χ1n) is 12.6. The molecule has 3 aromatic heterocycles. The average Bonchev–Trinajstić information content (AvgIpc) is 3.61. The summed E-state index contributed by atoms with van der Waals surface area (Å²) >= 11 is 0. The number of pyridine rings is 1. The van der Waals surface area contributed by atoms with Crippen LogP contribution >= 0.6 is 15.6 Å². The van der Waals surface area contributed by atoms with Gasteiger partial charge in [0, 0.05) is 6.07 Å². The lowest BCUT2D eigenvalue weighted by Crippen LogP contribution is -2.46. The van der Waals surface area contributed by atoms with Crippen molar-refractivity contribution in [3.8, 4) is 0 Å². The van der Waals surface area contributed by atoms with Crippen LogP contribution in [0.2, 0.25) is 0 Å². The Balaban J connectivity index is 1.16. The van der Waals surface area contributed by atoms with Crippen LogP contribution in [0.4, 0.5) is 5.82 Å².